The molecule has 0 fully saturated rings. The van der Waals surface area contributed by atoms with Gasteiger partial charge in [0.1, 0.15) is 28.8 Å². The van der Waals surface area contributed by atoms with E-state index >= 15 is 0 Å². The summed E-state index contributed by atoms with van der Waals surface area (Å²) >= 11 is 0. The molecule has 244 valence electrons. The molecule has 6 nitrogen and oxygen atoms in total. The molecule has 6 heteroatoms. The first-order valence-electron chi connectivity index (χ1n) is 17.8. The van der Waals surface area contributed by atoms with Crippen LogP contribution in [0.4, 0.5) is 0 Å². The predicted octanol–water partition coefficient (Wildman–Crippen LogP) is 10.4. The molecule has 51 heavy (non-hydrogen) atoms. The first kappa shape index (κ1) is 28.6. The number of para-hydroxylation sites is 3. The molecule has 0 spiro atoms. The fourth-order valence-corrected chi connectivity index (χ4v) is 8.46. The van der Waals surface area contributed by atoms with Crippen LogP contribution in [0.5, 0.6) is 5.75 Å². The summed E-state index contributed by atoms with van der Waals surface area (Å²) in [5.74, 6) is 2.94. The number of nitrogens with zero attached hydrogens (tertiary/aromatic N) is 4. The molecule has 0 radical (unpaired) electrons. The fourth-order valence-electron chi connectivity index (χ4n) is 8.46. The van der Waals surface area contributed by atoms with Gasteiger partial charge in [0, 0.05) is 56.2 Å². The van der Waals surface area contributed by atoms with Crippen LogP contribution in [0.1, 0.15) is 53.1 Å². The molecule has 3 aliphatic carbocycles. The third-order valence-corrected chi connectivity index (χ3v) is 10.8. The van der Waals surface area contributed by atoms with Crippen molar-refractivity contribution in [1.29, 1.82) is 0 Å². The Morgan fingerprint density at radius 1 is 0.745 bits per heavy atom. The van der Waals surface area contributed by atoms with Gasteiger partial charge in [0.25, 0.3) is 0 Å². The van der Waals surface area contributed by atoms with Crippen LogP contribution in [0.15, 0.2) is 138 Å². The van der Waals surface area contributed by atoms with Gasteiger partial charge in [0.2, 0.25) is 0 Å². The van der Waals surface area contributed by atoms with Crippen LogP contribution >= 0.6 is 0 Å². The maximum atomic E-state index is 6.75. The molecule has 1 aliphatic heterocycles. The van der Waals surface area contributed by atoms with Crippen LogP contribution in [0.25, 0.3) is 61.6 Å². The van der Waals surface area contributed by atoms with Gasteiger partial charge < -0.3 is 13.7 Å². The third kappa shape index (κ3) is 4.39. The minimum Gasteiger partial charge on any atom is -0.485 e. The molecule has 0 saturated heterocycles. The zero-order valence-corrected chi connectivity index (χ0v) is 27.7. The number of rotatable bonds is 4. The minimum absolute atomic E-state index is 0.0488. The number of allylic oxidation sites excluding steroid dienone is 7. The lowest BCUT2D eigenvalue weighted by Crippen LogP contribution is -2.21. The van der Waals surface area contributed by atoms with Crippen molar-refractivity contribution in [2.75, 3.05) is 0 Å². The van der Waals surface area contributed by atoms with E-state index in [-0.39, 0.29) is 17.9 Å². The number of benzene rings is 4. The summed E-state index contributed by atoms with van der Waals surface area (Å²) in [5, 5.41) is 3.42. The van der Waals surface area contributed by atoms with Crippen LogP contribution in [0.2, 0.25) is 0 Å². The van der Waals surface area contributed by atoms with Crippen LogP contribution in [-0.2, 0) is 6.42 Å². The molecule has 11 rings (SSSR count). The first-order chi connectivity index (χ1) is 25.3. The molecule has 3 aromatic heterocycles. The van der Waals surface area contributed by atoms with E-state index in [0.29, 0.717) is 11.6 Å². The van der Waals surface area contributed by atoms with Crippen LogP contribution in [0.3, 0.4) is 0 Å². The zero-order chi connectivity index (χ0) is 33.5. The quantitative estimate of drug-likeness (QED) is 0.188. The zero-order valence-electron chi connectivity index (χ0n) is 27.7. The Labute approximate surface area is 294 Å². The van der Waals surface area contributed by atoms with E-state index in [4.69, 9.17) is 24.1 Å². The Balaban J connectivity index is 1.04. The van der Waals surface area contributed by atoms with Crippen molar-refractivity contribution < 1.29 is 9.15 Å². The van der Waals surface area contributed by atoms with Crippen molar-refractivity contribution in [2.45, 2.75) is 37.2 Å². The standard InChI is InChI=1S/C45H32N4O2/c1-2-12-27(13-3-1)43-46-44(48-45(47-43)35-19-10-17-32-31-16-6-9-22-38(31)51-42(32)35)34-18-11-23-39-41(34)33-25-24-28(26-40(33)50-39)49-36-20-7-4-14-29(36)30-15-5-8-21-37(30)49/h1-7,9-12,14-20,22-27,39,41H,8,13,21H2. The molecule has 3 unspecified atom stereocenters. The normalized spacial score (nSPS) is 20.1. The van der Waals surface area contributed by atoms with Gasteiger partial charge in [-0.25, -0.2) is 15.0 Å². The van der Waals surface area contributed by atoms with Gasteiger partial charge in [-0.15, -0.1) is 0 Å². The molecule has 0 amide bonds. The molecule has 7 aromatic rings. The van der Waals surface area contributed by atoms with Gasteiger partial charge in [0.15, 0.2) is 11.6 Å². The SMILES string of the molecule is C1=CCC(c2nc(C3=CC=CC4Oc5cc(-n6c7c(c8ccccc86)C=CCC7)ccc5C34)nc(-c3cccc4c3oc3ccccc34)n2)C=C1. The molecule has 3 atom stereocenters. The lowest BCUT2D eigenvalue weighted by molar-refractivity contribution is 0.271. The fraction of sp³-hybridized carbons (Fsp3) is 0.133. The number of ether oxygens (including phenoxy) is 1. The van der Waals surface area contributed by atoms with E-state index in [2.05, 4.69) is 126 Å². The Hall–Kier alpha value is -6.27. The molecule has 4 heterocycles. The van der Waals surface area contributed by atoms with E-state index < -0.39 is 0 Å². The molecular weight excluding hydrogens is 629 g/mol. The van der Waals surface area contributed by atoms with Gasteiger partial charge in [0.05, 0.1) is 17.0 Å². The van der Waals surface area contributed by atoms with Crippen molar-refractivity contribution in [3.05, 3.63) is 162 Å². The van der Waals surface area contributed by atoms with E-state index in [1.807, 2.05) is 18.2 Å². The van der Waals surface area contributed by atoms with E-state index in [1.165, 1.54) is 22.2 Å². The topological polar surface area (TPSA) is 66.0 Å². The van der Waals surface area contributed by atoms with Crippen LogP contribution in [-0.4, -0.2) is 25.6 Å². The summed E-state index contributed by atoms with van der Waals surface area (Å²) in [6.07, 6.45) is 22.2. The minimum atomic E-state index is -0.159. The number of aromatic nitrogens is 4. The highest BCUT2D eigenvalue weighted by molar-refractivity contribution is 6.09. The maximum absolute atomic E-state index is 6.75. The summed E-state index contributed by atoms with van der Waals surface area (Å²) < 4.78 is 15.6. The van der Waals surface area contributed by atoms with Crippen molar-refractivity contribution in [2.24, 2.45) is 0 Å². The number of hydrogen-bond acceptors (Lipinski definition) is 5. The second kappa shape index (κ2) is 11.1. The second-order valence-electron chi connectivity index (χ2n) is 13.7. The highest BCUT2D eigenvalue weighted by Crippen LogP contribution is 2.49. The van der Waals surface area contributed by atoms with Crippen LogP contribution < -0.4 is 4.74 Å². The number of furan rings is 1. The van der Waals surface area contributed by atoms with Crippen molar-refractivity contribution in [1.82, 2.24) is 19.5 Å². The van der Waals surface area contributed by atoms with Gasteiger partial charge >= 0.3 is 0 Å². The smallest absolute Gasteiger partial charge is 0.167 e. The first-order valence-corrected chi connectivity index (χ1v) is 17.8. The molecule has 0 N–H and O–H groups in total. The average molecular weight is 661 g/mol. The molecule has 4 aromatic carbocycles. The summed E-state index contributed by atoms with van der Waals surface area (Å²) in [6.45, 7) is 0. The molecular formula is C45H32N4O2. The Bertz CT molecular complexity index is 2740. The van der Waals surface area contributed by atoms with Gasteiger partial charge in [-0.2, -0.15) is 0 Å². The van der Waals surface area contributed by atoms with Gasteiger partial charge in [-0.3, -0.25) is 0 Å². The maximum Gasteiger partial charge on any atom is 0.167 e. The largest absolute Gasteiger partial charge is 0.485 e. The summed E-state index contributed by atoms with van der Waals surface area (Å²) in [5.41, 5.74) is 9.69. The Morgan fingerprint density at radius 2 is 1.63 bits per heavy atom. The van der Waals surface area contributed by atoms with E-state index in [9.17, 15) is 0 Å². The van der Waals surface area contributed by atoms with E-state index in [0.717, 1.165) is 75.2 Å². The lowest BCUT2D eigenvalue weighted by Gasteiger charge is -2.23. The summed E-state index contributed by atoms with van der Waals surface area (Å²) in [7, 11) is 0. The number of fused-ring (bicyclic) bond motifs is 9. The van der Waals surface area contributed by atoms with E-state index in [1.54, 1.807) is 0 Å². The second-order valence-corrected chi connectivity index (χ2v) is 13.7. The Kier molecular flexibility index (Phi) is 6.23. The number of hydrogen-bond donors (Lipinski definition) is 0. The predicted molar refractivity (Wildman–Crippen MR) is 203 cm³/mol. The average Bonchev–Trinajstić information content (AvgIpc) is 3.87. The van der Waals surface area contributed by atoms with Crippen molar-refractivity contribution in [3.8, 4) is 22.8 Å². The highest BCUT2D eigenvalue weighted by atomic mass is 16.5. The highest BCUT2D eigenvalue weighted by Gasteiger charge is 2.39. The van der Waals surface area contributed by atoms with Gasteiger partial charge in [-0.1, -0.05) is 103 Å². The van der Waals surface area contributed by atoms with Crippen molar-refractivity contribution in [3.63, 3.8) is 0 Å². The third-order valence-electron chi connectivity index (χ3n) is 10.8. The monoisotopic (exact) mass is 660 g/mol. The van der Waals surface area contributed by atoms with Crippen molar-refractivity contribution >= 4 is 44.5 Å². The van der Waals surface area contributed by atoms with Gasteiger partial charge in [-0.05, 0) is 49.6 Å². The molecule has 0 saturated carbocycles. The lowest BCUT2D eigenvalue weighted by atomic mass is 9.84. The summed E-state index contributed by atoms with van der Waals surface area (Å²) in [6, 6.07) is 29.8. The molecule has 0 bridgehead atoms. The summed E-state index contributed by atoms with van der Waals surface area (Å²) in [4.78, 5) is 15.5. The Morgan fingerprint density at radius 3 is 2.57 bits per heavy atom. The molecule has 4 aliphatic rings. The van der Waals surface area contributed by atoms with Crippen LogP contribution in [0, 0.1) is 0 Å².